The van der Waals surface area contributed by atoms with Gasteiger partial charge in [-0.1, -0.05) is 0 Å². The van der Waals surface area contributed by atoms with Crippen LogP contribution in [0, 0.1) is 0 Å². The first-order chi connectivity index (χ1) is 6.47. The Labute approximate surface area is 81.5 Å². The van der Waals surface area contributed by atoms with Crippen LogP contribution in [0.1, 0.15) is 19.8 Å². The number of rotatable bonds is 6. The van der Waals surface area contributed by atoms with Crippen LogP contribution in [-0.4, -0.2) is 35.4 Å². The van der Waals surface area contributed by atoms with Crippen LogP contribution in [0.15, 0.2) is 0 Å². The third-order valence-corrected chi connectivity index (χ3v) is 1.55. The van der Waals surface area contributed by atoms with Gasteiger partial charge in [0, 0.05) is 6.42 Å². The lowest BCUT2D eigenvalue weighted by Crippen LogP contribution is -2.36. The zero-order valence-electron chi connectivity index (χ0n) is 7.82. The normalized spacial score (nSPS) is 14.1. The molecule has 0 saturated carbocycles. The smallest absolute Gasteiger partial charge is 0.320 e. The number of amides is 1. The standard InChI is InChI=1S/C8H13N2O4/c1-5(4-11)10-7(12)3-2-6(9)8(13)14/h5-6H,2-3,9H2,1H3,(H,10,12)(H,13,14)/t5-,6-/m0/s1. The van der Waals surface area contributed by atoms with Crippen molar-refractivity contribution in [3.63, 3.8) is 0 Å². The van der Waals surface area contributed by atoms with Crippen LogP contribution in [0.3, 0.4) is 0 Å². The van der Waals surface area contributed by atoms with Gasteiger partial charge in [0.1, 0.15) is 6.04 Å². The van der Waals surface area contributed by atoms with E-state index < -0.39 is 24.0 Å². The van der Waals surface area contributed by atoms with E-state index >= 15 is 0 Å². The zero-order chi connectivity index (χ0) is 11.1. The Hall–Kier alpha value is -1.43. The summed E-state index contributed by atoms with van der Waals surface area (Å²) in [5, 5.41) is 10.7. The molecule has 1 amide bonds. The molecule has 0 aromatic carbocycles. The first-order valence-corrected chi connectivity index (χ1v) is 4.12. The Morgan fingerprint density at radius 1 is 1.57 bits per heavy atom. The highest BCUT2D eigenvalue weighted by molar-refractivity contribution is 5.80. The number of hydrogen-bond donors (Lipinski definition) is 3. The number of carbonyl (C=O) groups is 2. The molecule has 0 unspecified atom stereocenters. The summed E-state index contributed by atoms with van der Waals surface area (Å²) in [6.45, 7) is 1.47. The van der Waals surface area contributed by atoms with Crippen LogP contribution in [0.25, 0.3) is 0 Å². The van der Waals surface area contributed by atoms with Crippen molar-refractivity contribution in [3.8, 4) is 0 Å². The maximum Gasteiger partial charge on any atom is 0.320 e. The summed E-state index contributed by atoms with van der Waals surface area (Å²) < 4.78 is 0. The van der Waals surface area contributed by atoms with E-state index in [9.17, 15) is 14.4 Å². The summed E-state index contributed by atoms with van der Waals surface area (Å²) in [4.78, 5) is 31.3. The van der Waals surface area contributed by atoms with Crippen LogP contribution in [0.5, 0.6) is 0 Å². The summed E-state index contributed by atoms with van der Waals surface area (Å²) in [6, 6.07) is -1.72. The van der Waals surface area contributed by atoms with Crippen molar-refractivity contribution >= 4 is 18.2 Å². The number of aliphatic carboxylic acids is 1. The lowest BCUT2D eigenvalue weighted by molar-refractivity contribution is -0.138. The van der Waals surface area contributed by atoms with E-state index in [4.69, 9.17) is 10.8 Å². The van der Waals surface area contributed by atoms with Gasteiger partial charge in [0.2, 0.25) is 12.2 Å². The third-order valence-electron chi connectivity index (χ3n) is 1.55. The quantitative estimate of drug-likeness (QED) is 0.499. The Morgan fingerprint density at radius 2 is 2.14 bits per heavy atom. The average molecular weight is 201 g/mol. The van der Waals surface area contributed by atoms with Crippen molar-refractivity contribution in [1.29, 1.82) is 0 Å². The first kappa shape index (κ1) is 12.6. The maximum absolute atomic E-state index is 11.0. The highest BCUT2D eigenvalue weighted by Crippen LogP contribution is 1.95. The lowest BCUT2D eigenvalue weighted by Gasteiger charge is -2.08. The number of carboxylic acids is 1. The minimum absolute atomic E-state index is 0.0144. The van der Waals surface area contributed by atoms with Crippen molar-refractivity contribution < 1.29 is 19.5 Å². The fourth-order valence-corrected chi connectivity index (χ4v) is 0.753. The molecule has 6 nitrogen and oxygen atoms in total. The Morgan fingerprint density at radius 3 is 2.57 bits per heavy atom. The molecule has 0 saturated heterocycles. The average Bonchev–Trinajstić information content (AvgIpc) is 2.13. The number of carbonyl (C=O) groups excluding carboxylic acids is 2. The summed E-state index contributed by atoms with van der Waals surface area (Å²) in [6.07, 6.45) is 1.61. The van der Waals surface area contributed by atoms with Crippen LogP contribution in [0.4, 0.5) is 0 Å². The number of carboxylic acid groups (broad SMARTS) is 1. The van der Waals surface area contributed by atoms with Gasteiger partial charge in [0.25, 0.3) is 0 Å². The highest BCUT2D eigenvalue weighted by atomic mass is 16.4. The molecular weight excluding hydrogens is 188 g/mol. The largest absolute Gasteiger partial charge is 0.480 e. The van der Waals surface area contributed by atoms with E-state index in [1.165, 1.54) is 6.92 Å². The van der Waals surface area contributed by atoms with Crippen LogP contribution >= 0.6 is 0 Å². The van der Waals surface area contributed by atoms with Crippen molar-refractivity contribution in [3.05, 3.63) is 0 Å². The first-order valence-electron chi connectivity index (χ1n) is 4.12. The van der Waals surface area contributed by atoms with Gasteiger partial charge in [-0.25, -0.2) is 0 Å². The van der Waals surface area contributed by atoms with Gasteiger partial charge in [-0.2, -0.15) is 0 Å². The van der Waals surface area contributed by atoms with Gasteiger partial charge in [0.05, 0.1) is 6.04 Å². The van der Waals surface area contributed by atoms with Gasteiger partial charge in [0.15, 0.2) is 0 Å². The van der Waals surface area contributed by atoms with E-state index in [-0.39, 0.29) is 12.8 Å². The van der Waals surface area contributed by atoms with Crippen LogP contribution in [0.2, 0.25) is 0 Å². The molecule has 0 fully saturated rings. The van der Waals surface area contributed by atoms with E-state index in [1.54, 1.807) is 6.29 Å². The third kappa shape index (κ3) is 5.26. The molecule has 6 heteroatoms. The van der Waals surface area contributed by atoms with Gasteiger partial charge in [-0.05, 0) is 13.3 Å². The molecule has 0 aliphatic rings. The van der Waals surface area contributed by atoms with E-state index in [2.05, 4.69) is 5.32 Å². The molecule has 0 aliphatic carbocycles. The molecule has 0 spiro atoms. The molecule has 14 heavy (non-hydrogen) atoms. The number of nitrogens with one attached hydrogen (secondary N) is 1. The molecule has 79 valence electrons. The summed E-state index contributed by atoms with van der Waals surface area (Å²) in [5.41, 5.74) is 5.17. The predicted octanol–water partition coefficient (Wildman–Crippen LogP) is -1.21. The summed E-state index contributed by atoms with van der Waals surface area (Å²) in [5.74, 6) is -1.55. The van der Waals surface area contributed by atoms with Crippen molar-refractivity contribution in [2.75, 3.05) is 0 Å². The van der Waals surface area contributed by atoms with Gasteiger partial charge in [-0.15, -0.1) is 0 Å². The molecule has 0 aliphatic heterocycles. The number of nitrogens with two attached hydrogens (primary N) is 1. The lowest BCUT2D eigenvalue weighted by atomic mass is 10.1. The monoisotopic (exact) mass is 201 g/mol. The molecule has 1 radical (unpaired) electrons. The Balaban J connectivity index is 3.74. The second kappa shape index (κ2) is 6.09. The maximum atomic E-state index is 11.0. The van der Waals surface area contributed by atoms with Crippen molar-refractivity contribution in [1.82, 2.24) is 5.32 Å². The zero-order valence-corrected chi connectivity index (χ0v) is 7.82. The molecule has 4 N–H and O–H groups in total. The SMILES string of the molecule is C[C@@H]([C]=O)NC(=O)CC[C@H](N)C(=O)O. The van der Waals surface area contributed by atoms with Crippen LogP contribution in [-0.2, 0) is 14.4 Å². The van der Waals surface area contributed by atoms with E-state index in [0.717, 1.165) is 0 Å². The summed E-state index contributed by atoms with van der Waals surface area (Å²) in [7, 11) is 0. The van der Waals surface area contributed by atoms with Gasteiger partial charge < -0.3 is 16.2 Å². The van der Waals surface area contributed by atoms with Crippen molar-refractivity contribution in [2.24, 2.45) is 5.73 Å². The van der Waals surface area contributed by atoms with Gasteiger partial charge in [-0.3, -0.25) is 14.4 Å². The molecule has 0 aromatic heterocycles. The molecule has 0 aromatic rings. The molecular formula is C8H13N2O4. The fourth-order valence-electron chi connectivity index (χ4n) is 0.753. The van der Waals surface area contributed by atoms with E-state index in [1.807, 2.05) is 0 Å². The molecule has 0 bridgehead atoms. The molecule has 0 rings (SSSR count). The number of hydrogen-bond acceptors (Lipinski definition) is 4. The van der Waals surface area contributed by atoms with Crippen molar-refractivity contribution in [2.45, 2.75) is 31.8 Å². The minimum Gasteiger partial charge on any atom is -0.480 e. The second-order valence-corrected chi connectivity index (χ2v) is 2.89. The predicted molar refractivity (Wildman–Crippen MR) is 48.1 cm³/mol. The molecule has 2 atom stereocenters. The fraction of sp³-hybridized carbons (Fsp3) is 0.625. The highest BCUT2D eigenvalue weighted by Gasteiger charge is 2.14. The van der Waals surface area contributed by atoms with Crippen LogP contribution < -0.4 is 11.1 Å². The topological polar surface area (TPSA) is 109 Å². The van der Waals surface area contributed by atoms with Gasteiger partial charge >= 0.3 is 5.97 Å². The molecule has 0 heterocycles. The Kier molecular flexibility index (Phi) is 5.47. The van der Waals surface area contributed by atoms with E-state index in [0.29, 0.717) is 0 Å². The Bertz CT molecular complexity index is 229. The summed E-state index contributed by atoms with van der Waals surface area (Å²) >= 11 is 0. The second-order valence-electron chi connectivity index (χ2n) is 2.89. The minimum atomic E-state index is -1.15.